The Morgan fingerprint density at radius 2 is 1.44 bits per heavy atom. The molecule has 1 aliphatic heterocycles. The number of hydrogen-bond acceptors (Lipinski definition) is 8. The number of nitrogens with two attached hydrogens (primary N) is 1. The zero-order chi connectivity index (χ0) is 34.1. The molecule has 6 N–H and O–H groups in total. The van der Waals surface area contributed by atoms with Gasteiger partial charge in [-0.3, -0.25) is 33.4 Å². The van der Waals surface area contributed by atoms with Crippen molar-refractivity contribution in [3.05, 3.63) is 12.2 Å². The highest BCUT2D eigenvalue weighted by Gasteiger charge is 2.38. The summed E-state index contributed by atoms with van der Waals surface area (Å²) >= 11 is 0. The Morgan fingerprint density at radius 3 is 1.84 bits per heavy atom. The first-order valence-electron chi connectivity index (χ1n) is 14.5. The molecule has 43 heavy (non-hydrogen) atoms. The lowest BCUT2D eigenvalue weighted by Gasteiger charge is -2.29. The van der Waals surface area contributed by atoms with Crippen molar-refractivity contribution < 1.29 is 41.7 Å². The number of amides is 6. The molecular weight excluding hydrogens is 582 g/mol. The molecule has 1 rings (SSSR count). The summed E-state index contributed by atoms with van der Waals surface area (Å²) in [5.41, 5.74) is 4.20. The Balaban J connectivity index is 0. The predicted molar refractivity (Wildman–Crippen MR) is 163 cm³/mol. The highest BCUT2D eigenvalue weighted by molar-refractivity contribution is 7.87. The van der Waals surface area contributed by atoms with Gasteiger partial charge in [-0.2, -0.15) is 8.42 Å². The fraction of sp³-hybridized carbons (Fsp3) is 0.714. The third-order valence-corrected chi connectivity index (χ3v) is 6.92. The number of carbonyl (C=O) groups excluding carboxylic acids is 6. The van der Waals surface area contributed by atoms with Crippen LogP contribution in [0.5, 0.6) is 0 Å². The lowest BCUT2D eigenvalue weighted by molar-refractivity contribution is -0.137. The van der Waals surface area contributed by atoms with Crippen LogP contribution in [0.25, 0.3) is 0 Å². The van der Waals surface area contributed by atoms with Crippen LogP contribution in [-0.2, 0) is 34.1 Å². The summed E-state index contributed by atoms with van der Waals surface area (Å²) in [4.78, 5) is 74.0. The molecule has 248 valence electrons. The van der Waals surface area contributed by atoms with Crippen molar-refractivity contribution in [3.8, 4) is 0 Å². The maximum Gasteiger partial charge on any atom is 0.312 e. The van der Waals surface area contributed by atoms with E-state index < -0.39 is 81.4 Å². The fourth-order valence-corrected chi connectivity index (χ4v) is 4.41. The summed E-state index contributed by atoms with van der Waals surface area (Å²) in [7, 11) is -4.98. The molecule has 0 saturated carbocycles. The van der Waals surface area contributed by atoms with E-state index in [1.807, 2.05) is 13.8 Å². The van der Waals surface area contributed by atoms with Gasteiger partial charge >= 0.3 is 6.03 Å². The van der Waals surface area contributed by atoms with Gasteiger partial charge in [0.15, 0.2) is 11.0 Å². The fourth-order valence-electron chi connectivity index (χ4n) is 3.67. The molecule has 0 radical (unpaired) electrons. The Labute approximate surface area is 255 Å². The minimum absolute atomic E-state index is 0.153. The second-order valence-corrected chi connectivity index (χ2v) is 12.6. The minimum atomic E-state index is -4.98. The number of urea groups is 1. The van der Waals surface area contributed by atoms with E-state index in [0.717, 1.165) is 12.2 Å². The van der Waals surface area contributed by atoms with Gasteiger partial charge in [0.2, 0.25) is 11.8 Å². The molecule has 1 heterocycles. The zero-order valence-corrected chi connectivity index (χ0v) is 27.7. The van der Waals surface area contributed by atoms with E-state index in [2.05, 4.69) is 29.8 Å². The van der Waals surface area contributed by atoms with Crippen LogP contribution in [0.3, 0.4) is 0 Å². The molecule has 0 aromatic carbocycles. The van der Waals surface area contributed by atoms with Crippen molar-refractivity contribution in [2.75, 3.05) is 13.1 Å². The number of carbonyl (C=O) groups is 6. The normalized spacial score (nSPS) is 14.9. The van der Waals surface area contributed by atoms with Crippen LogP contribution in [0.1, 0.15) is 88.0 Å². The summed E-state index contributed by atoms with van der Waals surface area (Å²) in [6.07, 6.45) is 3.09. The molecule has 1 aliphatic rings. The van der Waals surface area contributed by atoms with Crippen molar-refractivity contribution in [2.45, 2.75) is 105 Å². The average molecular weight is 634 g/mol. The van der Waals surface area contributed by atoms with Gasteiger partial charge in [-0.25, -0.2) is 4.79 Å². The highest BCUT2D eigenvalue weighted by atomic mass is 32.2. The Hall–Kier alpha value is -3.33. The number of nitrogens with zero attached hydrogens (tertiary/aromatic N) is 1. The monoisotopic (exact) mass is 633 g/mol. The molecule has 14 nitrogen and oxygen atoms in total. The summed E-state index contributed by atoms with van der Waals surface area (Å²) in [6.45, 7) is 16.1. The lowest BCUT2D eigenvalue weighted by atomic mass is 9.84. The first-order valence-corrected chi connectivity index (χ1v) is 16.0. The van der Waals surface area contributed by atoms with E-state index in [-0.39, 0.29) is 18.7 Å². The smallest absolute Gasteiger partial charge is 0.312 e. The third-order valence-electron chi connectivity index (χ3n) is 5.76. The highest BCUT2D eigenvalue weighted by Crippen LogP contribution is 2.20. The Kier molecular flexibility index (Phi) is 19.2. The Bertz CT molecular complexity index is 1080. The SMILES string of the molecule is CC.CC(C)C(NC(=O)[C@H](CCN1C(=O)C=CC1=O)S(=O)(=O)O)C(=O)N[C@@H](CCCNC(N)=O)C(=O)C(C)(C)C.CCC. The predicted octanol–water partition coefficient (Wildman–Crippen LogP) is 1.69. The molecule has 0 fully saturated rings. The molecule has 15 heteroatoms. The number of rotatable bonds is 14. The number of nitrogens with one attached hydrogen (secondary N) is 3. The van der Waals surface area contributed by atoms with E-state index >= 15 is 0 Å². The van der Waals surface area contributed by atoms with Crippen molar-refractivity contribution in [2.24, 2.45) is 17.1 Å². The van der Waals surface area contributed by atoms with E-state index in [1.165, 1.54) is 6.42 Å². The summed E-state index contributed by atoms with van der Waals surface area (Å²) in [6, 6.07) is -3.01. The van der Waals surface area contributed by atoms with E-state index in [1.54, 1.807) is 34.6 Å². The van der Waals surface area contributed by atoms with E-state index in [0.29, 0.717) is 11.3 Å². The van der Waals surface area contributed by atoms with Crippen molar-refractivity contribution in [1.82, 2.24) is 20.9 Å². The molecule has 0 aromatic heterocycles. The number of Topliss-reactive ketones (excluding diaryl/α,β-unsaturated/α-hetero) is 1. The molecule has 3 atom stereocenters. The van der Waals surface area contributed by atoms with Gasteiger partial charge < -0.3 is 21.7 Å². The van der Waals surface area contributed by atoms with Gasteiger partial charge in [0, 0.05) is 30.7 Å². The van der Waals surface area contributed by atoms with Crippen LogP contribution in [-0.4, -0.2) is 83.7 Å². The van der Waals surface area contributed by atoms with Crippen LogP contribution >= 0.6 is 0 Å². The summed E-state index contributed by atoms with van der Waals surface area (Å²) < 4.78 is 33.5. The van der Waals surface area contributed by atoms with Gasteiger partial charge in [-0.1, -0.05) is 68.7 Å². The second kappa shape index (κ2) is 19.8. The second-order valence-electron chi connectivity index (χ2n) is 11.0. The van der Waals surface area contributed by atoms with Crippen molar-refractivity contribution >= 4 is 45.6 Å². The number of imide groups is 1. The molecule has 1 unspecified atom stereocenters. The van der Waals surface area contributed by atoms with Gasteiger partial charge in [0.25, 0.3) is 21.9 Å². The Morgan fingerprint density at radius 1 is 0.953 bits per heavy atom. The molecular formula is C28H51N5O9S. The summed E-state index contributed by atoms with van der Waals surface area (Å²) in [5.74, 6) is -4.22. The summed E-state index contributed by atoms with van der Waals surface area (Å²) in [5, 5.41) is 5.23. The van der Waals surface area contributed by atoms with Crippen LogP contribution < -0.4 is 21.7 Å². The van der Waals surface area contributed by atoms with E-state index in [9.17, 15) is 41.7 Å². The van der Waals surface area contributed by atoms with Gasteiger partial charge in [-0.15, -0.1) is 0 Å². The maximum atomic E-state index is 13.1. The zero-order valence-electron chi connectivity index (χ0n) is 26.9. The largest absolute Gasteiger partial charge is 0.352 e. The van der Waals surface area contributed by atoms with Crippen LogP contribution in [0.2, 0.25) is 0 Å². The molecule has 0 aliphatic carbocycles. The molecule has 6 amide bonds. The first-order chi connectivity index (χ1) is 19.8. The van der Waals surface area contributed by atoms with Gasteiger partial charge in [0.05, 0.1) is 6.04 Å². The maximum absolute atomic E-state index is 13.1. The number of ketones is 1. The van der Waals surface area contributed by atoms with Gasteiger partial charge in [-0.05, 0) is 25.2 Å². The molecule has 0 saturated heterocycles. The third kappa shape index (κ3) is 15.6. The van der Waals surface area contributed by atoms with Crippen LogP contribution in [0.15, 0.2) is 12.2 Å². The first kappa shape index (κ1) is 41.8. The van der Waals surface area contributed by atoms with Crippen molar-refractivity contribution in [3.63, 3.8) is 0 Å². The topological polar surface area (TPSA) is 222 Å². The number of hydrogen-bond donors (Lipinski definition) is 5. The average Bonchev–Trinajstić information content (AvgIpc) is 3.20. The quantitative estimate of drug-likeness (QED) is 0.106. The van der Waals surface area contributed by atoms with Crippen LogP contribution in [0.4, 0.5) is 4.79 Å². The van der Waals surface area contributed by atoms with Crippen LogP contribution in [0, 0.1) is 11.3 Å². The van der Waals surface area contributed by atoms with Crippen molar-refractivity contribution in [1.29, 1.82) is 0 Å². The van der Waals surface area contributed by atoms with E-state index in [4.69, 9.17) is 5.73 Å². The molecule has 0 aromatic rings. The standard InChI is InChI=1S/C23H37N5O9S.C3H8.C2H6/c1-13(2)18(21(33)26-14(19(31)23(3,4)5)7-6-11-25-22(24)34)27-20(32)15(38(35,36)37)10-12-28-16(29)8-9-17(28)30;1-3-2;1-2/h8-9,13-15,18H,6-7,10-12H2,1-5H3,(H,26,33)(H,27,32)(H3,24,25,34)(H,35,36,37);3H2,1-2H3;1-2H3/t14-,15-,18?;;/m0../s1. The number of primary amides is 1. The molecule has 0 spiro atoms. The van der Waals surface area contributed by atoms with Gasteiger partial charge in [0.1, 0.15) is 6.04 Å². The molecule has 0 bridgehead atoms. The lowest BCUT2D eigenvalue weighted by Crippen LogP contribution is -2.57. The minimum Gasteiger partial charge on any atom is -0.352 e.